The fraction of sp³-hybridized carbons (Fsp3) is 0. The van der Waals surface area contributed by atoms with Crippen LogP contribution >= 0.6 is 0 Å². The summed E-state index contributed by atoms with van der Waals surface area (Å²) < 4.78 is 14.2. The minimum atomic E-state index is -0.255. The fourth-order valence-electron chi connectivity index (χ4n) is 1.98. The third-order valence-corrected chi connectivity index (χ3v) is 2.94. The molecule has 3 aromatic rings. The SMILES string of the molecule is Fc1cc(-c2cccnc2)ccc1-c1cccnc1. The van der Waals surface area contributed by atoms with Gasteiger partial charge < -0.3 is 0 Å². The van der Waals surface area contributed by atoms with Crippen molar-refractivity contribution in [3.8, 4) is 22.3 Å². The van der Waals surface area contributed by atoms with E-state index in [1.807, 2.05) is 24.3 Å². The van der Waals surface area contributed by atoms with E-state index in [-0.39, 0.29) is 5.82 Å². The largest absolute Gasteiger partial charge is 0.264 e. The van der Waals surface area contributed by atoms with Crippen LogP contribution in [-0.4, -0.2) is 9.97 Å². The zero-order valence-electron chi connectivity index (χ0n) is 10.1. The quantitative estimate of drug-likeness (QED) is 0.688. The summed E-state index contributed by atoms with van der Waals surface area (Å²) in [6.07, 6.45) is 6.75. The second kappa shape index (κ2) is 4.98. The van der Waals surface area contributed by atoms with E-state index in [0.717, 1.165) is 16.7 Å². The highest BCUT2D eigenvalue weighted by molar-refractivity contribution is 5.70. The first-order valence-corrected chi connectivity index (χ1v) is 5.95. The molecule has 92 valence electrons. The highest BCUT2D eigenvalue weighted by Crippen LogP contribution is 2.26. The molecule has 0 aliphatic heterocycles. The lowest BCUT2D eigenvalue weighted by molar-refractivity contribution is 0.632. The van der Waals surface area contributed by atoms with Gasteiger partial charge in [-0.1, -0.05) is 24.3 Å². The molecule has 0 aliphatic rings. The van der Waals surface area contributed by atoms with E-state index in [4.69, 9.17) is 0 Å². The smallest absolute Gasteiger partial charge is 0.131 e. The molecule has 3 rings (SSSR count). The second-order valence-corrected chi connectivity index (χ2v) is 4.18. The van der Waals surface area contributed by atoms with Crippen LogP contribution in [-0.2, 0) is 0 Å². The van der Waals surface area contributed by atoms with Gasteiger partial charge >= 0.3 is 0 Å². The molecule has 1 aromatic carbocycles. The van der Waals surface area contributed by atoms with E-state index in [1.165, 1.54) is 6.07 Å². The van der Waals surface area contributed by atoms with Gasteiger partial charge in [-0.25, -0.2) is 4.39 Å². The zero-order chi connectivity index (χ0) is 13.1. The van der Waals surface area contributed by atoms with Crippen molar-refractivity contribution >= 4 is 0 Å². The van der Waals surface area contributed by atoms with Gasteiger partial charge in [-0.05, 0) is 23.8 Å². The molecule has 2 heterocycles. The molecule has 0 saturated carbocycles. The summed E-state index contributed by atoms with van der Waals surface area (Å²) in [5.41, 5.74) is 3.05. The Morgan fingerprint density at radius 3 is 2.00 bits per heavy atom. The maximum atomic E-state index is 14.2. The summed E-state index contributed by atoms with van der Waals surface area (Å²) in [6, 6.07) is 12.6. The molecular formula is C16H11FN2. The zero-order valence-corrected chi connectivity index (χ0v) is 10.1. The number of aromatic nitrogens is 2. The van der Waals surface area contributed by atoms with E-state index in [1.54, 1.807) is 36.9 Å². The van der Waals surface area contributed by atoms with E-state index in [2.05, 4.69) is 9.97 Å². The lowest BCUT2D eigenvalue weighted by Gasteiger charge is -2.06. The first-order chi connectivity index (χ1) is 9.34. The summed E-state index contributed by atoms with van der Waals surface area (Å²) in [6.45, 7) is 0. The van der Waals surface area contributed by atoms with Gasteiger partial charge in [0.1, 0.15) is 5.82 Å². The van der Waals surface area contributed by atoms with Crippen LogP contribution in [0.4, 0.5) is 4.39 Å². The second-order valence-electron chi connectivity index (χ2n) is 4.18. The molecule has 0 N–H and O–H groups in total. The molecule has 19 heavy (non-hydrogen) atoms. The minimum absolute atomic E-state index is 0.255. The van der Waals surface area contributed by atoms with E-state index in [9.17, 15) is 4.39 Å². The Morgan fingerprint density at radius 1 is 0.737 bits per heavy atom. The molecule has 0 bridgehead atoms. The van der Waals surface area contributed by atoms with Crippen LogP contribution in [0.2, 0.25) is 0 Å². The average molecular weight is 250 g/mol. The molecule has 0 atom stereocenters. The normalized spacial score (nSPS) is 10.4. The third-order valence-electron chi connectivity index (χ3n) is 2.94. The first kappa shape index (κ1) is 11.5. The molecule has 0 saturated heterocycles. The number of pyridine rings is 2. The highest BCUT2D eigenvalue weighted by Gasteiger charge is 2.07. The molecule has 0 spiro atoms. The lowest BCUT2D eigenvalue weighted by atomic mass is 10.0. The Labute approximate surface area is 110 Å². The van der Waals surface area contributed by atoms with Crippen molar-refractivity contribution in [2.45, 2.75) is 0 Å². The monoisotopic (exact) mass is 250 g/mol. The van der Waals surface area contributed by atoms with Crippen molar-refractivity contribution in [2.24, 2.45) is 0 Å². The first-order valence-electron chi connectivity index (χ1n) is 5.95. The number of hydrogen-bond acceptors (Lipinski definition) is 2. The predicted octanol–water partition coefficient (Wildman–Crippen LogP) is 3.95. The Balaban J connectivity index is 2.04. The third kappa shape index (κ3) is 2.36. The van der Waals surface area contributed by atoms with Gasteiger partial charge in [-0.3, -0.25) is 9.97 Å². The molecule has 2 aromatic heterocycles. The van der Waals surface area contributed by atoms with Crippen molar-refractivity contribution in [3.63, 3.8) is 0 Å². The minimum Gasteiger partial charge on any atom is -0.264 e. The van der Waals surface area contributed by atoms with Gasteiger partial charge in [-0.2, -0.15) is 0 Å². The van der Waals surface area contributed by atoms with Crippen LogP contribution in [0.25, 0.3) is 22.3 Å². The summed E-state index contributed by atoms with van der Waals surface area (Å²) in [7, 11) is 0. The molecule has 0 amide bonds. The molecular weight excluding hydrogens is 239 g/mol. The van der Waals surface area contributed by atoms with Crippen molar-refractivity contribution in [2.75, 3.05) is 0 Å². The Morgan fingerprint density at radius 2 is 1.42 bits per heavy atom. The number of benzene rings is 1. The maximum Gasteiger partial charge on any atom is 0.131 e. The number of halogens is 1. The van der Waals surface area contributed by atoms with Gasteiger partial charge in [-0.15, -0.1) is 0 Å². The lowest BCUT2D eigenvalue weighted by Crippen LogP contribution is -1.87. The number of nitrogens with zero attached hydrogens (tertiary/aromatic N) is 2. The van der Waals surface area contributed by atoms with Gasteiger partial charge in [0.15, 0.2) is 0 Å². The molecule has 3 heteroatoms. The molecule has 0 radical (unpaired) electrons. The summed E-state index contributed by atoms with van der Waals surface area (Å²) in [4.78, 5) is 8.04. The van der Waals surface area contributed by atoms with Gasteiger partial charge in [0.05, 0.1) is 0 Å². The highest BCUT2D eigenvalue weighted by atomic mass is 19.1. The van der Waals surface area contributed by atoms with Crippen molar-refractivity contribution in [3.05, 3.63) is 73.1 Å². The molecule has 0 fully saturated rings. The molecule has 2 nitrogen and oxygen atoms in total. The van der Waals surface area contributed by atoms with Crippen molar-refractivity contribution < 1.29 is 4.39 Å². The Kier molecular flexibility index (Phi) is 3.02. The maximum absolute atomic E-state index is 14.2. The van der Waals surface area contributed by atoms with E-state index in [0.29, 0.717) is 5.56 Å². The van der Waals surface area contributed by atoms with E-state index < -0.39 is 0 Å². The van der Waals surface area contributed by atoms with Gasteiger partial charge in [0.25, 0.3) is 0 Å². The van der Waals surface area contributed by atoms with Crippen molar-refractivity contribution in [1.82, 2.24) is 9.97 Å². The summed E-state index contributed by atoms with van der Waals surface area (Å²) >= 11 is 0. The predicted molar refractivity (Wildman–Crippen MR) is 72.9 cm³/mol. The van der Waals surface area contributed by atoms with Gasteiger partial charge in [0.2, 0.25) is 0 Å². The summed E-state index contributed by atoms with van der Waals surface area (Å²) in [5, 5.41) is 0. The average Bonchev–Trinajstić information content (AvgIpc) is 2.49. The number of hydrogen-bond donors (Lipinski definition) is 0. The van der Waals surface area contributed by atoms with Gasteiger partial charge in [0, 0.05) is 41.5 Å². The molecule has 0 unspecified atom stereocenters. The van der Waals surface area contributed by atoms with Crippen LogP contribution in [0.1, 0.15) is 0 Å². The molecule has 0 aliphatic carbocycles. The van der Waals surface area contributed by atoms with Crippen LogP contribution in [0, 0.1) is 5.82 Å². The van der Waals surface area contributed by atoms with Crippen LogP contribution in [0.5, 0.6) is 0 Å². The number of rotatable bonds is 2. The topological polar surface area (TPSA) is 25.8 Å². The van der Waals surface area contributed by atoms with Crippen LogP contribution < -0.4 is 0 Å². The Bertz CT molecular complexity index is 682. The Hall–Kier alpha value is -2.55. The standard InChI is InChI=1S/C16H11FN2/c17-16-9-12(13-3-1-7-18-10-13)5-6-15(16)14-4-2-8-19-11-14/h1-11H. The van der Waals surface area contributed by atoms with E-state index >= 15 is 0 Å². The summed E-state index contributed by atoms with van der Waals surface area (Å²) in [5.74, 6) is -0.255. The van der Waals surface area contributed by atoms with Crippen LogP contribution in [0.15, 0.2) is 67.3 Å². The fourth-order valence-corrected chi connectivity index (χ4v) is 1.98. The van der Waals surface area contributed by atoms with Crippen molar-refractivity contribution in [1.29, 1.82) is 0 Å². The van der Waals surface area contributed by atoms with Crippen LogP contribution in [0.3, 0.4) is 0 Å².